The third-order valence-electron chi connectivity index (χ3n) is 3.98. The summed E-state index contributed by atoms with van der Waals surface area (Å²) in [7, 11) is 1.64. The summed E-state index contributed by atoms with van der Waals surface area (Å²) >= 11 is 1.58. The number of rotatable bonds is 7. The average Bonchev–Trinajstić information content (AvgIpc) is 3.25. The molecular weight excluding hydrogens is 346 g/mol. The van der Waals surface area contributed by atoms with Crippen LogP contribution in [0.2, 0.25) is 0 Å². The summed E-state index contributed by atoms with van der Waals surface area (Å²) in [6, 6.07) is 11.6. The van der Waals surface area contributed by atoms with Gasteiger partial charge in [-0.15, -0.1) is 11.3 Å². The van der Waals surface area contributed by atoms with Crippen molar-refractivity contribution in [3.8, 4) is 17.0 Å². The fraction of sp³-hybridized carbons (Fsp3) is 0.300. The molecule has 0 unspecified atom stereocenters. The maximum atomic E-state index is 12.6. The van der Waals surface area contributed by atoms with Crippen molar-refractivity contribution in [3.05, 3.63) is 52.3 Å². The Labute approximate surface area is 157 Å². The van der Waals surface area contributed by atoms with Crippen LogP contribution in [-0.2, 0) is 17.6 Å². The maximum Gasteiger partial charge on any atom is 0.229 e. The van der Waals surface area contributed by atoms with E-state index in [1.54, 1.807) is 18.4 Å². The first-order valence-corrected chi connectivity index (χ1v) is 9.48. The molecule has 1 aromatic carbocycles. The van der Waals surface area contributed by atoms with Crippen LogP contribution in [0.1, 0.15) is 24.4 Å². The maximum absolute atomic E-state index is 12.6. The molecule has 3 rings (SSSR count). The molecule has 0 aliphatic heterocycles. The molecule has 1 amide bonds. The number of carbonyl (C=O) groups is 1. The Bertz CT molecular complexity index is 869. The number of ether oxygens (including phenoxy) is 1. The van der Waals surface area contributed by atoms with Crippen molar-refractivity contribution in [1.82, 2.24) is 10.2 Å². The van der Waals surface area contributed by atoms with Crippen LogP contribution in [0, 0.1) is 5.92 Å². The van der Waals surface area contributed by atoms with E-state index in [1.165, 1.54) is 0 Å². The van der Waals surface area contributed by atoms with Crippen molar-refractivity contribution in [2.75, 3.05) is 12.4 Å². The van der Waals surface area contributed by atoms with Crippen LogP contribution in [0.25, 0.3) is 11.3 Å². The highest BCUT2D eigenvalue weighted by Gasteiger charge is 2.19. The van der Waals surface area contributed by atoms with E-state index in [9.17, 15) is 4.79 Å². The van der Waals surface area contributed by atoms with Gasteiger partial charge in [0.1, 0.15) is 11.4 Å². The molecule has 0 saturated heterocycles. The second-order valence-corrected chi connectivity index (χ2v) is 7.59. The number of thiophene rings is 1. The van der Waals surface area contributed by atoms with Crippen LogP contribution >= 0.6 is 11.3 Å². The van der Waals surface area contributed by atoms with E-state index in [0.29, 0.717) is 12.3 Å². The molecule has 0 aliphatic rings. The van der Waals surface area contributed by atoms with Gasteiger partial charge < -0.3 is 10.1 Å². The van der Waals surface area contributed by atoms with Crippen molar-refractivity contribution in [2.45, 2.75) is 26.7 Å². The smallest absolute Gasteiger partial charge is 0.229 e. The summed E-state index contributed by atoms with van der Waals surface area (Å²) in [6.45, 7) is 4.28. The molecular formula is C20H23N3O2S. The Hall–Kier alpha value is -2.60. The molecule has 0 fully saturated rings. The number of H-pyrrole nitrogens is 1. The highest BCUT2D eigenvalue weighted by atomic mass is 32.1. The van der Waals surface area contributed by atoms with E-state index in [1.807, 2.05) is 41.8 Å². The molecule has 0 spiro atoms. The van der Waals surface area contributed by atoms with Gasteiger partial charge in [-0.2, -0.15) is 5.10 Å². The summed E-state index contributed by atoms with van der Waals surface area (Å²) in [5, 5.41) is 12.6. The number of nitrogens with one attached hydrogen (secondary N) is 2. The number of amides is 1. The van der Waals surface area contributed by atoms with E-state index < -0.39 is 0 Å². The number of hydrogen-bond acceptors (Lipinski definition) is 4. The molecule has 2 N–H and O–H groups in total. The van der Waals surface area contributed by atoms with Gasteiger partial charge >= 0.3 is 0 Å². The molecule has 5 nitrogen and oxygen atoms in total. The van der Waals surface area contributed by atoms with Crippen LogP contribution in [-0.4, -0.2) is 23.2 Å². The van der Waals surface area contributed by atoms with Crippen LogP contribution in [0.3, 0.4) is 0 Å². The zero-order valence-electron chi connectivity index (χ0n) is 15.2. The summed E-state index contributed by atoms with van der Waals surface area (Å²) < 4.78 is 5.31. The van der Waals surface area contributed by atoms with Crippen molar-refractivity contribution in [3.63, 3.8) is 0 Å². The van der Waals surface area contributed by atoms with Gasteiger partial charge in [0, 0.05) is 10.4 Å². The minimum atomic E-state index is -0.0389. The minimum Gasteiger partial charge on any atom is -0.497 e. The predicted octanol–water partition coefficient (Wildman–Crippen LogP) is 4.53. The monoisotopic (exact) mass is 369 g/mol. The third-order valence-corrected chi connectivity index (χ3v) is 4.85. The Kier molecular flexibility index (Phi) is 5.73. The first kappa shape index (κ1) is 18.2. The summed E-state index contributed by atoms with van der Waals surface area (Å²) in [5.41, 5.74) is 3.34. The van der Waals surface area contributed by atoms with Gasteiger partial charge in [-0.25, -0.2) is 0 Å². The second kappa shape index (κ2) is 8.19. The number of benzene rings is 1. The highest BCUT2D eigenvalue weighted by Crippen LogP contribution is 2.32. The average molecular weight is 369 g/mol. The topological polar surface area (TPSA) is 67.0 Å². The molecule has 2 aromatic heterocycles. The first-order chi connectivity index (χ1) is 12.6. The normalized spacial score (nSPS) is 10.9. The highest BCUT2D eigenvalue weighted by molar-refractivity contribution is 7.10. The number of methoxy groups -OCH3 is 1. The standard InChI is InChI=1S/C20H23N3O2S/c1-13(2)10-17-20(21-18(24)12-16-8-5-9-26-16)19(23-22-17)14-6-4-7-15(11-14)25-3/h4-9,11,13H,10,12H2,1-3H3,(H,21,24)(H,22,23). The fourth-order valence-electron chi connectivity index (χ4n) is 2.80. The molecule has 0 atom stereocenters. The zero-order valence-corrected chi connectivity index (χ0v) is 16.0. The molecule has 6 heteroatoms. The summed E-state index contributed by atoms with van der Waals surface area (Å²) in [5.74, 6) is 1.16. The molecule has 0 radical (unpaired) electrons. The molecule has 0 aliphatic carbocycles. The SMILES string of the molecule is COc1cccc(-c2n[nH]c(CC(C)C)c2NC(=O)Cc2cccs2)c1. The molecule has 26 heavy (non-hydrogen) atoms. The van der Waals surface area contributed by atoms with Crippen molar-refractivity contribution in [1.29, 1.82) is 0 Å². The summed E-state index contributed by atoms with van der Waals surface area (Å²) in [6.07, 6.45) is 1.17. The van der Waals surface area contributed by atoms with E-state index in [2.05, 4.69) is 29.4 Å². The van der Waals surface area contributed by atoms with E-state index in [0.717, 1.165) is 39.7 Å². The molecule has 2 heterocycles. The van der Waals surface area contributed by atoms with Gasteiger partial charge in [0.05, 0.1) is 24.9 Å². The quantitative estimate of drug-likeness (QED) is 0.643. The largest absolute Gasteiger partial charge is 0.497 e. The number of anilines is 1. The minimum absolute atomic E-state index is 0.0389. The number of aromatic amines is 1. The van der Waals surface area contributed by atoms with E-state index >= 15 is 0 Å². The van der Waals surface area contributed by atoms with Crippen LogP contribution in [0.5, 0.6) is 5.75 Å². The molecule has 0 saturated carbocycles. The first-order valence-electron chi connectivity index (χ1n) is 8.60. The van der Waals surface area contributed by atoms with E-state index in [4.69, 9.17) is 4.74 Å². The lowest BCUT2D eigenvalue weighted by Gasteiger charge is -2.10. The fourth-order valence-corrected chi connectivity index (χ4v) is 3.51. The number of carbonyl (C=O) groups excluding carboxylic acids is 1. The molecule has 3 aromatic rings. The number of aromatic nitrogens is 2. The van der Waals surface area contributed by atoms with Gasteiger partial charge in [0.2, 0.25) is 5.91 Å². The second-order valence-electron chi connectivity index (χ2n) is 6.56. The Morgan fingerprint density at radius 2 is 2.15 bits per heavy atom. The van der Waals surface area contributed by atoms with Crippen LogP contribution < -0.4 is 10.1 Å². The van der Waals surface area contributed by atoms with Gasteiger partial charge in [0.15, 0.2) is 0 Å². The lowest BCUT2D eigenvalue weighted by molar-refractivity contribution is -0.115. The van der Waals surface area contributed by atoms with Gasteiger partial charge in [-0.05, 0) is 35.9 Å². The van der Waals surface area contributed by atoms with Gasteiger partial charge in [0.25, 0.3) is 0 Å². The number of hydrogen-bond donors (Lipinski definition) is 2. The lowest BCUT2D eigenvalue weighted by Crippen LogP contribution is -2.15. The molecule has 136 valence electrons. The third kappa shape index (κ3) is 4.32. The van der Waals surface area contributed by atoms with Crippen molar-refractivity contribution in [2.24, 2.45) is 5.92 Å². The van der Waals surface area contributed by atoms with E-state index in [-0.39, 0.29) is 5.91 Å². The molecule has 0 bridgehead atoms. The lowest BCUT2D eigenvalue weighted by atomic mass is 10.0. The van der Waals surface area contributed by atoms with Crippen LogP contribution in [0.4, 0.5) is 5.69 Å². The van der Waals surface area contributed by atoms with Gasteiger partial charge in [-0.1, -0.05) is 32.0 Å². The van der Waals surface area contributed by atoms with Crippen molar-refractivity contribution < 1.29 is 9.53 Å². The zero-order chi connectivity index (χ0) is 18.5. The Balaban J connectivity index is 1.91. The van der Waals surface area contributed by atoms with Gasteiger partial charge in [-0.3, -0.25) is 9.89 Å². The summed E-state index contributed by atoms with van der Waals surface area (Å²) in [4.78, 5) is 13.6. The predicted molar refractivity (Wildman–Crippen MR) is 106 cm³/mol. The van der Waals surface area contributed by atoms with Crippen molar-refractivity contribution >= 4 is 22.9 Å². The Morgan fingerprint density at radius 3 is 2.85 bits per heavy atom. The number of nitrogens with zero attached hydrogens (tertiary/aromatic N) is 1. The van der Waals surface area contributed by atoms with Crippen LogP contribution in [0.15, 0.2) is 41.8 Å². The Morgan fingerprint density at radius 1 is 1.31 bits per heavy atom.